The van der Waals surface area contributed by atoms with Crippen LogP contribution in [0, 0.1) is 6.92 Å². The summed E-state index contributed by atoms with van der Waals surface area (Å²) in [5.74, 6) is 0.129. The first kappa shape index (κ1) is 13.6. The molecule has 1 aromatic rings. The van der Waals surface area contributed by atoms with Gasteiger partial charge >= 0.3 is 0 Å². The topological polar surface area (TPSA) is 37.4 Å². The van der Waals surface area contributed by atoms with E-state index in [0.29, 0.717) is 6.54 Å². The quantitative estimate of drug-likeness (QED) is 0.841. The summed E-state index contributed by atoms with van der Waals surface area (Å²) < 4.78 is 26.5. The van der Waals surface area contributed by atoms with Gasteiger partial charge < -0.3 is 0 Å². The van der Waals surface area contributed by atoms with Gasteiger partial charge in [0.15, 0.2) is 0 Å². The van der Waals surface area contributed by atoms with Crippen molar-refractivity contribution in [1.82, 2.24) is 4.31 Å². The Morgan fingerprint density at radius 2 is 1.94 bits per heavy atom. The average molecular weight is 267 g/mol. The number of rotatable bonds is 4. The molecule has 1 unspecified atom stereocenters. The van der Waals surface area contributed by atoms with E-state index >= 15 is 0 Å². The predicted octanol–water partition coefficient (Wildman–Crippen LogP) is 2.70. The van der Waals surface area contributed by atoms with Crippen LogP contribution in [-0.2, 0) is 15.8 Å². The molecule has 1 saturated heterocycles. The van der Waals surface area contributed by atoms with Gasteiger partial charge in [0.25, 0.3) is 0 Å². The zero-order valence-electron chi connectivity index (χ0n) is 11.1. The van der Waals surface area contributed by atoms with Crippen molar-refractivity contribution in [1.29, 1.82) is 0 Å². The molecule has 0 bridgehead atoms. The van der Waals surface area contributed by atoms with Crippen LogP contribution in [0.3, 0.4) is 0 Å². The second kappa shape index (κ2) is 5.41. The van der Waals surface area contributed by atoms with E-state index in [4.69, 9.17) is 0 Å². The molecule has 1 aromatic carbocycles. The van der Waals surface area contributed by atoms with Crippen LogP contribution in [0.1, 0.15) is 37.3 Å². The maximum atomic E-state index is 12.4. The van der Waals surface area contributed by atoms with E-state index in [0.717, 1.165) is 30.4 Å². The molecule has 0 radical (unpaired) electrons. The van der Waals surface area contributed by atoms with Gasteiger partial charge in [0.05, 0.1) is 5.75 Å². The van der Waals surface area contributed by atoms with E-state index in [1.807, 2.05) is 31.2 Å². The van der Waals surface area contributed by atoms with Gasteiger partial charge in [0.2, 0.25) is 10.0 Å². The minimum atomic E-state index is -3.15. The summed E-state index contributed by atoms with van der Waals surface area (Å²) in [6.07, 6.45) is 2.91. The fourth-order valence-electron chi connectivity index (χ4n) is 2.56. The molecule has 3 nitrogen and oxygen atoms in total. The zero-order valence-corrected chi connectivity index (χ0v) is 11.9. The predicted molar refractivity (Wildman–Crippen MR) is 73.8 cm³/mol. The Hall–Kier alpha value is -0.870. The lowest BCUT2D eigenvalue weighted by Gasteiger charge is -2.23. The van der Waals surface area contributed by atoms with E-state index < -0.39 is 10.0 Å². The van der Waals surface area contributed by atoms with Crippen molar-refractivity contribution in [3.63, 3.8) is 0 Å². The van der Waals surface area contributed by atoms with Crippen molar-refractivity contribution in [3.05, 3.63) is 35.4 Å². The normalized spacial score (nSPS) is 21.3. The highest BCUT2D eigenvalue weighted by atomic mass is 32.2. The maximum absolute atomic E-state index is 12.4. The summed E-state index contributed by atoms with van der Waals surface area (Å²) in [5.41, 5.74) is 2.03. The Labute approximate surface area is 110 Å². The molecule has 1 aliphatic heterocycles. The number of hydrogen-bond acceptors (Lipinski definition) is 2. The van der Waals surface area contributed by atoms with Crippen LogP contribution in [0.25, 0.3) is 0 Å². The van der Waals surface area contributed by atoms with Gasteiger partial charge in [-0.3, -0.25) is 0 Å². The van der Waals surface area contributed by atoms with Crippen molar-refractivity contribution < 1.29 is 8.42 Å². The summed E-state index contributed by atoms with van der Waals surface area (Å²) in [4.78, 5) is 0. The van der Waals surface area contributed by atoms with Crippen LogP contribution in [0.2, 0.25) is 0 Å². The molecule has 4 heteroatoms. The number of sulfonamides is 1. The van der Waals surface area contributed by atoms with E-state index in [2.05, 4.69) is 6.92 Å². The lowest BCUT2D eigenvalue weighted by atomic mass is 10.2. The number of benzene rings is 1. The number of hydrogen-bond donors (Lipinski definition) is 0. The molecule has 0 aromatic heterocycles. The fraction of sp³-hybridized carbons (Fsp3) is 0.571. The molecule has 0 saturated carbocycles. The summed E-state index contributed by atoms with van der Waals surface area (Å²) >= 11 is 0. The van der Waals surface area contributed by atoms with Gasteiger partial charge in [0.1, 0.15) is 0 Å². The maximum Gasteiger partial charge on any atom is 0.218 e. The van der Waals surface area contributed by atoms with Gasteiger partial charge in [-0.2, -0.15) is 4.31 Å². The Balaban J connectivity index is 2.14. The Morgan fingerprint density at radius 3 is 2.56 bits per heavy atom. The minimum absolute atomic E-state index is 0.129. The van der Waals surface area contributed by atoms with E-state index in [-0.39, 0.29) is 11.8 Å². The van der Waals surface area contributed by atoms with Crippen molar-refractivity contribution >= 4 is 10.0 Å². The van der Waals surface area contributed by atoms with Crippen LogP contribution in [0.5, 0.6) is 0 Å². The molecular weight excluding hydrogens is 246 g/mol. The first-order valence-electron chi connectivity index (χ1n) is 6.58. The summed E-state index contributed by atoms with van der Waals surface area (Å²) in [5, 5.41) is 0. The number of nitrogens with zero attached hydrogens (tertiary/aromatic N) is 1. The second-order valence-electron chi connectivity index (χ2n) is 5.06. The number of aryl methyl sites for hydroxylation is 1. The van der Waals surface area contributed by atoms with Gasteiger partial charge in [-0.1, -0.05) is 36.8 Å². The molecule has 0 amide bonds. The van der Waals surface area contributed by atoms with Crippen molar-refractivity contribution in [3.8, 4) is 0 Å². The molecule has 0 aliphatic carbocycles. The van der Waals surface area contributed by atoms with E-state index in [9.17, 15) is 8.42 Å². The molecule has 1 atom stereocenters. The summed E-state index contributed by atoms with van der Waals surface area (Å²) in [6, 6.07) is 7.95. The van der Waals surface area contributed by atoms with Crippen molar-refractivity contribution in [2.75, 3.05) is 6.54 Å². The molecule has 0 N–H and O–H groups in total. The summed E-state index contributed by atoms with van der Waals surface area (Å²) in [6.45, 7) is 4.75. The Kier molecular flexibility index (Phi) is 4.07. The Morgan fingerprint density at radius 1 is 1.28 bits per heavy atom. The average Bonchev–Trinajstić information content (AvgIpc) is 2.81. The van der Waals surface area contributed by atoms with Gasteiger partial charge in [0, 0.05) is 12.6 Å². The van der Waals surface area contributed by atoms with Crippen LogP contribution < -0.4 is 0 Å². The first-order chi connectivity index (χ1) is 8.53. The standard InChI is InChI=1S/C14H21NO2S/c1-3-14-5-4-10-15(14)18(16,17)11-13-8-6-12(2)7-9-13/h6-9,14H,3-5,10-11H2,1-2H3. The third-order valence-electron chi connectivity index (χ3n) is 3.62. The third-order valence-corrected chi connectivity index (χ3v) is 5.51. The molecular formula is C14H21NO2S. The SMILES string of the molecule is CCC1CCCN1S(=O)(=O)Cc1ccc(C)cc1. The summed E-state index contributed by atoms with van der Waals surface area (Å²) in [7, 11) is -3.15. The van der Waals surface area contributed by atoms with Crippen molar-refractivity contribution in [2.45, 2.75) is 44.9 Å². The van der Waals surface area contributed by atoms with Gasteiger partial charge in [-0.15, -0.1) is 0 Å². The first-order valence-corrected chi connectivity index (χ1v) is 8.19. The molecule has 1 aliphatic rings. The zero-order chi connectivity index (χ0) is 13.2. The van der Waals surface area contributed by atoms with Crippen LogP contribution in [0.4, 0.5) is 0 Å². The molecule has 2 rings (SSSR count). The highest BCUT2D eigenvalue weighted by Crippen LogP contribution is 2.25. The van der Waals surface area contributed by atoms with Crippen LogP contribution in [0.15, 0.2) is 24.3 Å². The van der Waals surface area contributed by atoms with Gasteiger partial charge in [-0.05, 0) is 31.7 Å². The highest BCUT2D eigenvalue weighted by molar-refractivity contribution is 7.88. The lowest BCUT2D eigenvalue weighted by Crippen LogP contribution is -2.35. The third kappa shape index (κ3) is 2.93. The van der Waals surface area contributed by atoms with Crippen LogP contribution in [-0.4, -0.2) is 25.3 Å². The van der Waals surface area contributed by atoms with Gasteiger partial charge in [-0.25, -0.2) is 8.42 Å². The highest BCUT2D eigenvalue weighted by Gasteiger charge is 2.32. The second-order valence-corrected chi connectivity index (χ2v) is 6.98. The minimum Gasteiger partial charge on any atom is -0.212 e. The molecule has 0 spiro atoms. The molecule has 1 heterocycles. The van der Waals surface area contributed by atoms with Crippen LogP contribution >= 0.6 is 0 Å². The molecule has 18 heavy (non-hydrogen) atoms. The molecule has 1 fully saturated rings. The lowest BCUT2D eigenvalue weighted by molar-refractivity contribution is 0.379. The largest absolute Gasteiger partial charge is 0.218 e. The van der Waals surface area contributed by atoms with E-state index in [1.54, 1.807) is 4.31 Å². The monoisotopic (exact) mass is 267 g/mol. The van der Waals surface area contributed by atoms with Crippen molar-refractivity contribution in [2.24, 2.45) is 0 Å². The smallest absolute Gasteiger partial charge is 0.212 e. The fourth-order valence-corrected chi connectivity index (χ4v) is 4.46. The van der Waals surface area contributed by atoms with E-state index in [1.165, 1.54) is 0 Å². The Bertz CT molecular complexity index is 493. The molecule has 100 valence electrons.